The maximum atomic E-state index is 12.8. The van der Waals surface area contributed by atoms with Gasteiger partial charge in [-0.15, -0.1) is 0 Å². The highest BCUT2D eigenvalue weighted by atomic mass is 32.2. The third kappa shape index (κ3) is 11.9. The molecule has 45 heavy (non-hydrogen) atoms. The molecule has 0 saturated heterocycles. The van der Waals surface area contributed by atoms with E-state index in [0.29, 0.717) is 18.4 Å². The lowest BCUT2D eigenvalue weighted by Crippen LogP contribution is -2.38. The predicted molar refractivity (Wildman–Crippen MR) is 188 cm³/mol. The van der Waals surface area contributed by atoms with Gasteiger partial charge in [0.25, 0.3) is 0 Å². The van der Waals surface area contributed by atoms with Crippen molar-refractivity contribution in [1.29, 1.82) is 0 Å². The number of rotatable bonds is 13. The minimum absolute atomic E-state index is 0.0453. The molecule has 0 aromatic rings. The Morgan fingerprint density at radius 1 is 0.978 bits per heavy atom. The number of carbonyl (C=O) groups is 2. The SMILES string of the molecule is CC(C)CCCC(C)C1CCC2SCC3(C)CCC(OC(=O)CCC(=O)OC(C)(C)CCOC(C)(C)C)C/C3=C/CCCC21C. The standard InChI is InChI=1S/C39H68O5S/c1-28(2)14-13-15-29(3)32-17-18-33-39(32,10)22-12-11-16-30-26-31(21-23-38(30,9)27-45-33)43-34(40)19-20-35(41)44-37(7,8)24-25-42-36(4,5)6/h16,28-29,31-33H,11-15,17-27H2,1-10H3/b30-16-. The molecule has 6 heteroatoms. The first-order valence-electron chi connectivity index (χ1n) is 18.3. The zero-order chi connectivity index (χ0) is 33.5. The Morgan fingerprint density at radius 3 is 2.38 bits per heavy atom. The summed E-state index contributed by atoms with van der Waals surface area (Å²) in [7, 11) is 0. The van der Waals surface area contributed by atoms with Crippen molar-refractivity contribution >= 4 is 23.7 Å². The Kier molecular flexibility index (Phi) is 14.0. The summed E-state index contributed by atoms with van der Waals surface area (Å²) in [6.07, 6.45) is 16.4. The third-order valence-electron chi connectivity index (χ3n) is 11.1. The number of carbonyl (C=O) groups excluding carboxylic acids is 2. The molecule has 0 amide bonds. The van der Waals surface area contributed by atoms with Gasteiger partial charge in [-0.2, -0.15) is 11.8 Å². The number of esters is 2. The average Bonchev–Trinajstić information content (AvgIpc) is 3.25. The van der Waals surface area contributed by atoms with Gasteiger partial charge in [0.2, 0.25) is 0 Å². The lowest BCUT2D eigenvalue weighted by Gasteiger charge is -2.44. The summed E-state index contributed by atoms with van der Waals surface area (Å²) < 4.78 is 17.4. The van der Waals surface area contributed by atoms with E-state index >= 15 is 0 Å². The van der Waals surface area contributed by atoms with Crippen molar-refractivity contribution < 1.29 is 23.8 Å². The number of thioether (sulfide) groups is 1. The van der Waals surface area contributed by atoms with E-state index < -0.39 is 5.60 Å². The first-order chi connectivity index (χ1) is 20.9. The molecule has 0 bridgehead atoms. The van der Waals surface area contributed by atoms with Gasteiger partial charge in [0.05, 0.1) is 25.0 Å². The van der Waals surface area contributed by atoms with E-state index in [1.54, 1.807) is 0 Å². The Morgan fingerprint density at radius 2 is 1.69 bits per heavy atom. The van der Waals surface area contributed by atoms with Gasteiger partial charge in [0, 0.05) is 23.8 Å². The summed E-state index contributed by atoms with van der Waals surface area (Å²) in [6.45, 7) is 22.6. The molecule has 3 aliphatic rings. The van der Waals surface area contributed by atoms with E-state index in [4.69, 9.17) is 14.2 Å². The smallest absolute Gasteiger partial charge is 0.306 e. The quantitative estimate of drug-likeness (QED) is 0.146. The Balaban J connectivity index is 1.50. The normalized spacial score (nSPS) is 31.4. The van der Waals surface area contributed by atoms with Crippen LogP contribution in [0.1, 0.15) is 159 Å². The molecule has 0 aromatic carbocycles. The number of allylic oxidation sites excluding steroid dienone is 1. The molecule has 0 N–H and O–H groups in total. The zero-order valence-corrected chi connectivity index (χ0v) is 31.5. The van der Waals surface area contributed by atoms with Crippen molar-refractivity contribution in [3.05, 3.63) is 11.6 Å². The van der Waals surface area contributed by atoms with Crippen LogP contribution in [0.25, 0.3) is 0 Å². The molecule has 6 atom stereocenters. The molecule has 6 unspecified atom stereocenters. The summed E-state index contributed by atoms with van der Waals surface area (Å²) in [4.78, 5) is 25.3. The highest BCUT2D eigenvalue weighted by Crippen LogP contribution is 2.57. The maximum absolute atomic E-state index is 12.8. The topological polar surface area (TPSA) is 61.8 Å². The fourth-order valence-electron chi connectivity index (χ4n) is 8.17. The fraction of sp³-hybridized carbons (Fsp3) is 0.897. The van der Waals surface area contributed by atoms with E-state index in [0.717, 1.165) is 54.4 Å². The van der Waals surface area contributed by atoms with Crippen molar-refractivity contribution in [2.24, 2.45) is 28.6 Å². The molecule has 2 aliphatic carbocycles. The van der Waals surface area contributed by atoms with Crippen LogP contribution < -0.4 is 0 Å². The summed E-state index contributed by atoms with van der Waals surface area (Å²) in [5, 5.41) is 0.748. The van der Waals surface area contributed by atoms with Gasteiger partial charge in [-0.1, -0.05) is 65.5 Å². The fourth-order valence-corrected chi connectivity index (χ4v) is 10.0. The van der Waals surface area contributed by atoms with Crippen LogP contribution in [0.4, 0.5) is 0 Å². The van der Waals surface area contributed by atoms with Gasteiger partial charge in [-0.25, -0.2) is 0 Å². The summed E-state index contributed by atoms with van der Waals surface area (Å²) in [6, 6.07) is 0. The van der Waals surface area contributed by atoms with Crippen molar-refractivity contribution in [2.45, 2.75) is 182 Å². The zero-order valence-electron chi connectivity index (χ0n) is 30.7. The predicted octanol–water partition coefficient (Wildman–Crippen LogP) is 10.5. The Bertz CT molecular complexity index is 996. The minimum atomic E-state index is -0.636. The number of fused-ring (bicyclic) bond motifs is 2. The molecule has 1 aliphatic heterocycles. The molecule has 2 fully saturated rings. The second-order valence-corrected chi connectivity index (χ2v) is 18.5. The molecule has 260 valence electrons. The summed E-state index contributed by atoms with van der Waals surface area (Å²) in [5.41, 5.74) is 1.22. The van der Waals surface area contributed by atoms with Crippen LogP contribution in [0.15, 0.2) is 11.6 Å². The van der Waals surface area contributed by atoms with Crippen molar-refractivity contribution in [2.75, 3.05) is 12.4 Å². The van der Waals surface area contributed by atoms with Gasteiger partial charge in [0.15, 0.2) is 0 Å². The van der Waals surface area contributed by atoms with Crippen LogP contribution in [0, 0.1) is 28.6 Å². The van der Waals surface area contributed by atoms with Crippen LogP contribution in [0.3, 0.4) is 0 Å². The Hall–Kier alpha value is -1.01. The molecule has 2 saturated carbocycles. The van der Waals surface area contributed by atoms with Crippen molar-refractivity contribution in [3.63, 3.8) is 0 Å². The molecule has 0 radical (unpaired) electrons. The second kappa shape index (κ2) is 16.4. The van der Waals surface area contributed by atoms with E-state index in [9.17, 15) is 9.59 Å². The third-order valence-corrected chi connectivity index (χ3v) is 13.0. The van der Waals surface area contributed by atoms with Gasteiger partial charge in [0.1, 0.15) is 11.7 Å². The highest BCUT2D eigenvalue weighted by molar-refractivity contribution is 8.00. The minimum Gasteiger partial charge on any atom is -0.462 e. The first-order valence-corrected chi connectivity index (χ1v) is 19.3. The molecule has 5 nitrogen and oxygen atoms in total. The second-order valence-electron chi connectivity index (χ2n) is 17.3. The summed E-state index contributed by atoms with van der Waals surface area (Å²) in [5.74, 6) is 2.98. The first kappa shape index (κ1) is 38.4. The lowest BCUT2D eigenvalue weighted by atomic mass is 9.68. The van der Waals surface area contributed by atoms with Crippen molar-refractivity contribution in [3.8, 4) is 0 Å². The molecule has 0 aromatic heterocycles. The van der Waals surface area contributed by atoms with E-state index in [2.05, 4.69) is 52.5 Å². The average molecular weight is 649 g/mol. The maximum Gasteiger partial charge on any atom is 0.306 e. The van der Waals surface area contributed by atoms with Crippen LogP contribution in [0.2, 0.25) is 0 Å². The molecular weight excluding hydrogens is 580 g/mol. The molecule has 3 rings (SSSR count). The van der Waals surface area contributed by atoms with Crippen LogP contribution in [-0.4, -0.2) is 46.9 Å². The highest BCUT2D eigenvalue weighted by Gasteiger charge is 2.49. The largest absolute Gasteiger partial charge is 0.462 e. The van der Waals surface area contributed by atoms with E-state index in [1.165, 1.54) is 50.5 Å². The molecular formula is C39H68O5S. The number of ether oxygens (including phenoxy) is 3. The van der Waals surface area contributed by atoms with Crippen LogP contribution in [-0.2, 0) is 23.8 Å². The number of hydrogen-bond donors (Lipinski definition) is 0. The monoisotopic (exact) mass is 648 g/mol. The number of hydrogen-bond acceptors (Lipinski definition) is 6. The van der Waals surface area contributed by atoms with Gasteiger partial charge in [-0.3, -0.25) is 9.59 Å². The van der Waals surface area contributed by atoms with Crippen molar-refractivity contribution in [1.82, 2.24) is 0 Å². The van der Waals surface area contributed by atoms with Gasteiger partial charge >= 0.3 is 11.9 Å². The van der Waals surface area contributed by atoms with Crippen LogP contribution in [0.5, 0.6) is 0 Å². The lowest BCUT2D eigenvalue weighted by molar-refractivity contribution is -0.163. The molecule has 1 heterocycles. The van der Waals surface area contributed by atoms with Gasteiger partial charge in [-0.05, 0) is 108 Å². The molecule has 0 spiro atoms. The van der Waals surface area contributed by atoms with Gasteiger partial charge < -0.3 is 14.2 Å². The summed E-state index contributed by atoms with van der Waals surface area (Å²) >= 11 is 2.25. The van der Waals surface area contributed by atoms with Crippen LogP contribution >= 0.6 is 11.8 Å². The van der Waals surface area contributed by atoms with E-state index in [1.807, 2.05) is 34.6 Å². The van der Waals surface area contributed by atoms with E-state index in [-0.39, 0.29) is 41.9 Å². The Labute approximate surface area is 281 Å².